The van der Waals surface area contributed by atoms with E-state index in [-0.39, 0.29) is 0 Å². The van der Waals surface area contributed by atoms with Crippen molar-refractivity contribution in [2.24, 2.45) is 0 Å². The molecule has 1 N–H and O–H groups in total. The van der Waals surface area contributed by atoms with Gasteiger partial charge in [-0.25, -0.2) is 4.98 Å². The molecule has 0 aliphatic rings. The minimum absolute atomic E-state index is 0.606. The smallest absolute Gasteiger partial charge is 0.181 e. The molecular weight excluding hydrogens is 244 g/mol. The fourth-order valence-electron chi connectivity index (χ4n) is 1.64. The van der Waals surface area contributed by atoms with Crippen LogP contribution in [0.25, 0.3) is 22.1 Å². The maximum Gasteiger partial charge on any atom is 0.181 e. The molecule has 2 aromatic heterocycles. The molecule has 3 aromatic rings. The first-order valence-electron chi connectivity index (χ1n) is 5.33. The van der Waals surface area contributed by atoms with Crippen molar-refractivity contribution < 1.29 is 0 Å². The van der Waals surface area contributed by atoms with E-state index in [9.17, 15) is 0 Å². The van der Waals surface area contributed by atoms with Crippen LogP contribution >= 0.6 is 11.3 Å². The van der Waals surface area contributed by atoms with Crippen LogP contribution in [-0.4, -0.2) is 15.2 Å². The number of thiophene rings is 1. The third kappa shape index (κ3) is 1.90. The SMILES string of the molecule is N#Cc1cccc(-c2n[nH]c(-c3cccs3)n2)c1. The predicted octanol–water partition coefficient (Wildman–Crippen LogP) is 3.07. The van der Waals surface area contributed by atoms with Crippen molar-refractivity contribution in [1.82, 2.24) is 15.2 Å². The second-order valence-electron chi connectivity index (χ2n) is 3.68. The lowest BCUT2D eigenvalue weighted by atomic mass is 10.1. The van der Waals surface area contributed by atoms with Gasteiger partial charge in [-0.15, -0.1) is 11.3 Å². The maximum atomic E-state index is 8.87. The number of nitrogens with zero attached hydrogens (tertiary/aromatic N) is 3. The molecular formula is C13H8N4S. The molecule has 0 bridgehead atoms. The molecule has 0 aliphatic carbocycles. The zero-order valence-corrected chi connectivity index (χ0v) is 10.1. The Labute approximate surface area is 108 Å². The molecule has 2 heterocycles. The lowest BCUT2D eigenvalue weighted by Crippen LogP contribution is -1.82. The van der Waals surface area contributed by atoms with Gasteiger partial charge < -0.3 is 0 Å². The minimum atomic E-state index is 0.606. The van der Waals surface area contributed by atoms with Gasteiger partial charge in [-0.1, -0.05) is 18.2 Å². The zero-order chi connectivity index (χ0) is 12.4. The van der Waals surface area contributed by atoms with Gasteiger partial charge in [0.05, 0.1) is 16.5 Å². The van der Waals surface area contributed by atoms with Crippen LogP contribution in [0.2, 0.25) is 0 Å². The second-order valence-corrected chi connectivity index (χ2v) is 4.63. The number of nitrogens with one attached hydrogen (secondary N) is 1. The molecule has 0 spiro atoms. The number of benzene rings is 1. The summed E-state index contributed by atoms with van der Waals surface area (Å²) in [4.78, 5) is 5.48. The monoisotopic (exact) mass is 252 g/mol. The number of H-pyrrole nitrogens is 1. The Bertz CT molecular complexity index is 707. The van der Waals surface area contributed by atoms with Crippen LogP contribution in [0.1, 0.15) is 5.56 Å². The van der Waals surface area contributed by atoms with E-state index in [1.54, 1.807) is 23.5 Å². The summed E-state index contributed by atoms with van der Waals surface area (Å²) in [6, 6.07) is 13.3. The van der Waals surface area contributed by atoms with Crippen LogP contribution in [0.5, 0.6) is 0 Å². The summed E-state index contributed by atoms with van der Waals surface area (Å²) in [6.45, 7) is 0. The number of nitriles is 1. The summed E-state index contributed by atoms with van der Waals surface area (Å²) in [5, 5.41) is 18.0. The first-order valence-corrected chi connectivity index (χ1v) is 6.21. The third-order valence-corrected chi connectivity index (χ3v) is 3.37. The van der Waals surface area contributed by atoms with Gasteiger partial charge in [0.1, 0.15) is 0 Å². The van der Waals surface area contributed by atoms with Crippen molar-refractivity contribution in [2.75, 3.05) is 0 Å². The molecule has 0 atom stereocenters. The van der Waals surface area contributed by atoms with Gasteiger partial charge in [-0.2, -0.15) is 10.4 Å². The normalized spacial score (nSPS) is 10.2. The predicted molar refractivity (Wildman–Crippen MR) is 69.8 cm³/mol. The molecule has 5 heteroatoms. The Hall–Kier alpha value is -2.45. The van der Waals surface area contributed by atoms with Crippen molar-refractivity contribution in [1.29, 1.82) is 5.26 Å². The molecule has 0 fully saturated rings. The first kappa shape index (κ1) is 10.7. The van der Waals surface area contributed by atoms with Crippen LogP contribution < -0.4 is 0 Å². The third-order valence-electron chi connectivity index (χ3n) is 2.49. The molecule has 0 saturated heterocycles. The van der Waals surface area contributed by atoms with E-state index in [0.717, 1.165) is 16.3 Å². The van der Waals surface area contributed by atoms with E-state index in [1.807, 2.05) is 29.6 Å². The van der Waals surface area contributed by atoms with E-state index < -0.39 is 0 Å². The highest BCUT2D eigenvalue weighted by molar-refractivity contribution is 7.13. The molecule has 0 radical (unpaired) electrons. The molecule has 0 saturated carbocycles. The quantitative estimate of drug-likeness (QED) is 0.762. The molecule has 3 rings (SSSR count). The summed E-state index contributed by atoms with van der Waals surface area (Å²) >= 11 is 1.61. The molecule has 0 aliphatic heterocycles. The number of rotatable bonds is 2. The summed E-state index contributed by atoms with van der Waals surface area (Å²) in [7, 11) is 0. The van der Waals surface area contributed by atoms with Crippen LogP contribution in [0, 0.1) is 11.3 Å². The van der Waals surface area contributed by atoms with E-state index >= 15 is 0 Å². The van der Waals surface area contributed by atoms with Crippen molar-refractivity contribution in [3.05, 3.63) is 47.3 Å². The second kappa shape index (κ2) is 4.43. The van der Waals surface area contributed by atoms with Gasteiger partial charge in [-0.3, -0.25) is 5.10 Å². The van der Waals surface area contributed by atoms with Gasteiger partial charge in [0, 0.05) is 5.56 Å². The van der Waals surface area contributed by atoms with Crippen LogP contribution in [0.4, 0.5) is 0 Å². The topological polar surface area (TPSA) is 65.4 Å². The average Bonchev–Trinajstić information content (AvgIpc) is 3.09. The van der Waals surface area contributed by atoms with Crippen molar-refractivity contribution >= 4 is 11.3 Å². The summed E-state index contributed by atoms with van der Waals surface area (Å²) in [5.74, 6) is 1.36. The molecule has 0 amide bonds. The number of hydrogen-bond acceptors (Lipinski definition) is 4. The van der Waals surface area contributed by atoms with Gasteiger partial charge >= 0.3 is 0 Å². The van der Waals surface area contributed by atoms with Crippen LogP contribution in [0.3, 0.4) is 0 Å². The Morgan fingerprint density at radius 3 is 2.94 bits per heavy atom. The molecule has 0 unspecified atom stereocenters. The lowest BCUT2D eigenvalue weighted by Gasteiger charge is -1.94. The highest BCUT2D eigenvalue weighted by Gasteiger charge is 2.08. The Balaban J connectivity index is 2.01. The largest absolute Gasteiger partial charge is 0.258 e. The fourth-order valence-corrected chi connectivity index (χ4v) is 2.31. The molecule has 4 nitrogen and oxygen atoms in total. The Morgan fingerprint density at radius 1 is 1.22 bits per heavy atom. The summed E-state index contributed by atoms with van der Waals surface area (Å²) in [6.07, 6.45) is 0. The molecule has 86 valence electrons. The van der Waals surface area contributed by atoms with E-state index in [0.29, 0.717) is 11.4 Å². The van der Waals surface area contributed by atoms with Crippen molar-refractivity contribution in [3.63, 3.8) is 0 Å². The van der Waals surface area contributed by atoms with Gasteiger partial charge in [0.15, 0.2) is 11.6 Å². The van der Waals surface area contributed by atoms with Crippen molar-refractivity contribution in [2.45, 2.75) is 0 Å². The lowest BCUT2D eigenvalue weighted by molar-refractivity contribution is 1.10. The first-order chi connectivity index (χ1) is 8.86. The van der Waals surface area contributed by atoms with Gasteiger partial charge in [0.2, 0.25) is 0 Å². The van der Waals surface area contributed by atoms with Gasteiger partial charge in [0.25, 0.3) is 0 Å². The fraction of sp³-hybridized carbons (Fsp3) is 0. The average molecular weight is 252 g/mol. The van der Waals surface area contributed by atoms with Crippen molar-refractivity contribution in [3.8, 4) is 28.2 Å². The molecule has 1 aromatic carbocycles. The Morgan fingerprint density at radius 2 is 2.17 bits per heavy atom. The number of hydrogen-bond donors (Lipinski definition) is 1. The van der Waals surface area contributed by atoms with Crippen LogP contribution in [-0.2, 0) is 0 Å². The van der Waals surface area contributed by atoms with E-state index in [4.69, 9.17) is 5.26 Å². The Kier molecular flexibility index (Phi) is 2.63. The maximum absolute atomic E-state index is 8.87. The zero-order valence-electron chi connectivity index (χ0n) is 9.29. The minimum Gasteiger partial charge on any atom is -0.258 e. The van der Waals surface area contributed by atoms with Crippen LogP contribution in [0.15, 0.2) is 41.8 Å². The summed E-state index contributed by atoms with van der Waals surface area (Å²) in [5.41, 5.74) is 1.45. The molecule has 18 heavy (non-hydrogen) atoms. The highest BCUT2D eigenvalue weighted by Crippen LogP contribution is 2.23. The number of aromatic amines is 1. The van der Waals surface area contributed by atoms with E-state index in [2.05, 4.69) is 21.3 Å². The van der Waals surface area contributed by atoms with E-state index in [1.165, 1.54) is 0 Å². The highest BCUT2D eigenvalue weighted by atomic mass is 32.1. The number of aromatic nitrogens is 3. The summed E-state index contributed by atoms with van der Waals surface area (Å²) < 4.78 is 0. The van der Waals surface area contributed by atoms with Gasteiger partial charge in [-0.05, 0) is 23.6 Å². The standard InChI is InChI=1S/C13H8N4S/c14-8-9-3-1-4-10(7-9)12-15-13(17-16-12)11-5-2-6-18-11/h1-7H,(H,15,16,17).